The smallest absolute Gasteiger partial charge is 0.244 e. The largest absolute Gasteiger partial charge is 0.493 e. The number of hydrogen-bond donors (Lipinski definition) is 1. The number of ether oxygens (including phenoxy) is 2. The summed E-state index contributed by atoms with van der Waals surface area (Å²) in [6.45, 7) is 2.00. The van der Waals surface area contributed by atoms with E-state index < -0.39 is 0 Å². The molecule has 1 N–H and O–H groups in total. The number of thiophene rings is 1. The third kappa shape index (κ3) is 4.27. The first-order valence-corrected chi connectivity index (χ1v) is 10.8. The van der Waals surface area contributed by atoms with Crippen LogP contribution in [0.15, 0.2) is 53.9 Å². The Morgan fingerprint density at radius 3 is 2.65 bits per heavy atom. The maximum Gasteiger partial charge on any atom is 0.244 e. The second kappa shape index (κ2) is 8.81. The summed E-state index contributed by atoms with van der Waals surface area (Å²) in [5.41, 5.74) is 3.54. The van der Waals surface area contributed by atoms with Gasteiger partial charge in [-0.2, -0.15) is 0 Å². The topological polar surface area (TPSA) is 67.9 Å². The first kappa shape index (κ1) is 20.9. The highest BCUT2D eigenvalue weighted by Crippen LogP contribution is 2.38. The minimum Gasteiger partial charge on any atom is -0.493 e. The fourth-order valence-corrected chi connectivity index (χ4v) is 4.73. The number of nitrogens with one attached hydrogen (secondary N) is 1. The number of aryl methyl sites for hydroxylation is 1. The molecule has 2 amide bonds. The molecule has 0 fully saturated rings. The van der Waals surface area contributed by atoms with Gasteiger partial charge in [0.1, 0.15) is 6.54 Å². The lowest BCUT2D eigenvalue weighted by Crippen LogP contribution is -2.39. The lowest BCUT2D eigenvalue weighted by Gasteiger charge is -2.30. The van der Waals surface area contributed by atoms with Crippen LogP contribution in [0.4, 0.5) is 5.69 Å². The zero-order valence-electron chi connectivity index (χ0n) is 17.7. The van der Waals surface area contributed by atoms with Crippen molar-refractivity contribution in [2.45, 2.75) is 19.4 Å². The number of hydrogen-bond acceptors (Lipinski definition) is 5. The molecule has 7 heteroatoms. The van der Waals surface area contributed by atoms with Gasteiger partial charge >= 0.3 is 0 Å². The maximum atomic E-state index is 13.5. The first-order chi connectivity index (χ1) is 15.0. The molecule has 3 aromatic rings. The van der Waals surface area contributed by atoms with Crippen molar-refractivity contribution in [3.8, 4) is 11.5 Å². The van der Waals surface area contributed by atoms with E-state index in [1.807, 2.05) is 48.7 Å². The van der Waals surface area contributed by atoms with Crippen LogP contribution < -0.4 is 14.8 Å². The van der Waals surface area contributed by atoms with Crippen LogP contribution in [0.3, 0.4) is 0 Å². The number of anilines is 1. The van der Waals surface area contributed by atoms with Gasteiger partial charge in [-0.3, -0.25) is 9.59 Å². The Balaban J connectivity index is 1.73. The third-order valence-corrected chi connectivity index (χ3v) is 6.26. The van der Waals surface area contributed by atoms with Crippen molar-refractivity contribution in [2.75, 3.05) is 26.1 Å². The van der Waals surface area contributed by atoms with Crippen molar-refractivity contribution in [3.63, 3.8) is 0 Å². The molecule has 0 bridgehead atoms. The van der Waals surface area contributed by atoms with E-state index in [-0.39, 0.29) is 30.8 Å². The molecule has 1 aromatic heterocycles. The Morgan fingerprint density at radius 1 is 1.13 bits per heavy atom. The molecule has 31 heavy (non-hydrogen) atoms. The molecule has 0 saturated heterocycles. The number of methoxy groups -OCH3 is 2. The molecule has 1 aliphatic rings. The van der Waals surface area contributed by atoms with Crippen molar-refractivity contribution in [1.29, 1.82) is 0 Å². The van der Waals surface area contributed by atoms with Crippen LogP contribution in [0, 0.1) is 6.92 Å². The number of carbonyl (C=O) groups excluding carboxylic acids is 2. The van der Waals surface area contributed by atoms with Crippen LogP contribution in [0.1, 0.15) is 27.6 Å². The molecule has 0 aliphatic carbocycles. The summed E-state index contributed by atoms with van der Waals surface area (Å²) in [4.78, 5) is 28.8. The van der Waals surface area contributed by atoms with Crippen LogP contribution in [-0.4, -0.2) is 37.5 Å². The molecular formula is C24H24N2O4S. The van der Waals surface area contributed by atoms with Crippen molar-refractivity contribution in [1.82, 2.24) is 4.90 Å². The molecule has 0 saturated carbocycles. The quantitative estimate of drug-likeness (QED) is 0.651. The summed E-state index contributed by atoms with van der Waals surface area (Å²) in [6.07, 6.45) is 0.149. The summed E-state index contributed by atoms with van der Waals surface area (Å²) >= 11 is 1.58. The zero-order chi connectivity index (χ0) is 22.0. The van der Waals surface area contributed by atoms with Gasteiger partial charge in [-0.1, -0.05) is 29.8 Å². The lowest BCUT2D eigenvalue weighted by molar-refractivity contribution is -0.135. The van der Waals surface area contributed by atoms with Crippen LogP contribution in [0.25, 0.3) is 0 Å². The lowest BCUT2D eigenvalue weighted by atomic mass is 9.99. The molecule has 1 atom stereocenters. The van der Waals surface area contributed by atoms with Gasteiger partial charge in [0.05, 0.1) is 26.7 Å². The van der Waals surface area contributed by atoms with E-state index in [9.17, 15) is 9.59 Å². The molecular weight excluding hydrogens is 412 g/mol. The van der Waals surface area contributed by atoms with Crippen LogP contribution in [0.5, 0.6) is 11.5 Å². The van der Waals surface area contributed by atoms with E-state index in [4.69, 9.17) is 9.47 Å². The SMILES string of the molecule is COc1ccc(CC(=O)N2CC(=O)Nc3ccc(C)cc3C2c2cccs2)cc1OC. The summed E-state index contributed by atoms with van der Waals surface area (Å²) in [6, 6.07) is 15.0. The Morgan fingerprint density at radius 2 is 1.94 bits per heavy atom. The van der Waals surface area contributed by atoms with E-state index in [1.54, 1.807) is 42.6 Å². The van der Waals surface area contributed by atoms with Gasteiger partial charge in [-0.05, 0) is 42.1 Å². The number of benzene rings is 2. The van der Waals surface area contributed by atoms with Gasteiger partial charge in [0.2, 0.25) is 11.8 Å². The Labute approximate surface area is 185 Å². The number of carbonyl (C=O) groups is 2. The number of amides is 2. The molecule has 2 aromatic carbocycles. The third-order valence-electron chi connectivity index (χ3n) is 5.34. The number of rotatable bonds is 5. The van der Waals surface area contributed by atoms with Gasteiger partial charge in [-0.25, -0.2) is 0 Å². The molecule has 2 heterocycles. The van der Waals surface area contributed by atoms with Crippen molar-refractivity contribution >= 4 is 28.8 Å². The van der Waals surface area contributed by atoms with Gasteiger partial charge in [0, 0.05) is 16.1 Å². The molecule has 160 valence electrons. The highest BCUT2D eigenvalue weighted by Gasteiger charge is 2.34. The van der Waals surface area contributed by atoms with Gasteiger partial charge in [0.25, 0.3) is 0 Å². The maximum absolute atomic E-state index is 13.5. The normalized spacial score (nSPS) is 15.6. The Hall–Kier alpha value is -3.32. The summed E-state index contributed by atoms with van der Waals surface area (Å²) < 4.78 is 10.7. The average molecular weight is 437 g/mol. The van der Waals surface area contributed by atoms with Crippen LogP contribution >= 0.6 is 11.3 Å². The van der Waals surface area contributed by atoms with E-state index in [0.29, 0.717) is 11.5 Å². The van der Waals surface area contributed by atoms with E-state index in [0.717, 1.165) is 27.3 Å². The second-order valence-electron chi connectivity index (χ2n) is 7.44. The summed E-state index contributed by atoms with van der Waals surface area (Å²) in [7, 11) is 3.14. The van der Waals surface area contributed by atoms with E-state index in [2.05, 4.69) is 5.32 Å². The van der Waals surface area contributed by atoms with Crippen molar-refractivity contribution in [2.24, 2.45) is 0 Å². The first-order valence-electron chi connectivity index (χ1n) is 9.94. The molecule has 4 rings (SSSR count). The van der Waals surface area contributed by atoms with Crippen molar-refractivity contribution in [3.05, 3.63) is 75.5 Å². The van der Waals surface area contributed by atoms with Gasteiger partial charge < -0.3 is 19.7 Å². The van der Waals surface area contributed by atoms with E-state index >= 15 is 0 Å². The predicted octanol–water partition coefficient (Wildman–Crippen LogP) is 4.19. The number of fused-ring (bicyclic) bond motifs is 1. The van der Waals surface area contributed by atoms with Crippen LogP contribution in [-0.2, 0) is 16.0 Å². The highest BCUT2D eigenvalue weighted by atomic mass is 32.1. The number of nitrogens with zero attached hydrogens (tertiary/aromatic N) is 1. The average Bonchev–Trinajstić information content (AvgIpc) is 3.24. The fourth-order valence-electron chi connectivity index (χ4n) is 3.88. The molecule has 1 unspecified atom stereocenters. The Kier molecular flexibility index (Phi) is 5.95. The molecule has 0 radical (unpaired) electrons. The minimum atomic E-state index is -0.332. The monoisotopic (exact) mass is 436 g/mol. The molecule has 0 spiro atoms. The van der Waals surface area contributed by atoms with Gasteiger partial charge in [0.15, 0.2) is 11.5 Å². The Bertz CT molecular complexity index is 1110. The fraction of sp³-hybridized carbons (Fsp3) is 0.250. The molecule has 1 aliphatic heterocycles. The summed E-state index contributed by atoms with van der Waals surface area (Å²) in [5, 5.41) is 4.95. The standard InChI is InChI=1S/C24H24N2O4S/c1-15-6-8-18-17(11-15)24(21-5-4-10-31-21)26(14-22(27)25-18)23(28)13-16-7-9-19(29-2)20(12-16)30-3/h4-12,24H,13-14H2,1-3H3,(H,25,27). The van der Waals surface area contributed by atoms with E-state index in [1.165, 1.54) is 0 Å². The van der Waals surface area contributed by atoms with Crippen molar-refractivity contribution < 1.29 is 19.1 Å². The summed E-state index contributed by atoms with van der Waals surface area (Å²) in [5.74, 6) is 0.839. The van der Waals surface area contributed by atoms with Gasteiger partial charge in [-0.15, -0.1) is 11.3 Å². The second-order valence-corrected chi connectivity index (χ2v) is 8.42. The minimum absolute atomic E-state index is 0.0115. The predicted molar refractivity (Wildman–Crippen MR) is 121 cm³/mol. The highest BCUT2D eigenvalue weighted by molar-refractivity contribution is 7.10. The molecule has 6 nitrogen and oxygen atoms in total. The zero-order valence-corrected chi connectivity index (χ0v) is 18.5. The van der Waals surface area contributed by atoms with Crippen LogP contribution in [0.2, 0.25) is 0 Å².